The van der Waals surface area contributed by atoms with Crippen LogP contribution in [-0.2, 0) is 0 Å². The first-order valence-electron chi connectivity index (χ1n) is 18.5. The molecule has 280 valence electrons. The highest BCUT2D eigenvalue weighted by molar-refractivity contribution is 6.01. The quantitative estimate of drug-likeness (QED) is 0.108. The van der Waals surface area contributed by atoms with E-state index in [2.05, 4.69) is 15.3 Å². The smallest absolute Gasteiger partial charge is 0.335 e. The molecule has 0 atom stereocenters. The van der Waals surface area contributed by atoms with Crippen LogP contribution in [0.1, 0.15) is 53.8 Å². The number of carboxylic acid groups (broad SMARTS) is 2. The number of carbonyl (C=O) groups is 3. The SMILES string of the molecule is CNC(=O)c1ccc(-c2c3nc(c(-c4ccccc4)c4ccc([nH]4)c(-c4ccc(C(=O)O)cc4)c4nc(c(-c5ccc(C(=O)O)cc5)c5ccc2[nH]5)C=C4)C=C3)cc1. The molecule has 0 fully saturated rings. The number of hydrogen-bond acceptors (Lipinski definition) is 5. The molecular formula is C48H33N5O5. The van der Waals surface area contributed by atoms with E-state index >= 15 is 0 Å². The second kappa shape index (κ2) is 14.5. The van der Waals surface area contributed by atoms with Crippen molar-refractivity contribution in [3.8, 4) is 44.5 Å². The zero-order valence-electron chi connectivity index (χ0n) is 30.9. The molecule has 2 aliphatic heterocycles. The normalized spacial score (nSPS) is 11.7. The van der Waals surface area contributed by atoms with Crippen LogP contribution < -0.4 is 5.32 Å². The van der Waals surface area contributed by atoms with Crippen molar-refractivity contribution in [3.05, 3.63) is 167 Å². The highest BCUT2D eigenvalue weighted by atomic mass is 16.4. The lowest BCUT2D eigenvalue weighted by Crippen LogP contribution is -2.17. The van der Waals surface area contributed by atoms with E-state index < -0.39 is 11.9 Å². The van der Waals surface area contributed by atoms with E-state index in [-0.39, 0.29) is 17.0 Å². The third-order valence-corrected chi connectivity index (χ3v) is 10.3. The van der Waals surface area contributed by atoms with Crippen LogP contribution in [0.25, 0.3) is 90.9 Å². The average Bonchev–Trinajstić information content (AvgIpc) is 4.10. The molecule has 1 amide bonds. The fourth-order valence-corrected chi connectivity index (χ4v) is 7.52. The van der Waals surface area contributed by atoms with Crippen LogP contribution in [0.4, 0.5) is 0 Å². The monoisotopic (exact) mass is 759 g/mol. The molecule has 9 rings (SSSR count). The van der Waals surface area contributed by atoms with Crippen LogP contribution in [-0.4, -0.2) is 55.0 Å². The van der Waals surface area contributed by atoms with E-state index in [4.69, 9.17) is 9.97 Å². The standard InChI is InChI=1S/C48H33N5O5/c1-49-46(54)31-13-7-28(8-14-31)43-36-21-19-34(50-36)42(27-5-3-2-4-6-27)35-20-22-38(51-35)44(29-9-15-32(16-10-29)47(55)56)39-25-26-41(53-39)45(40-24-23-37(43)52-40)30-11-17-33(18-12-30)48(57)58/h2-26,51-52H,1H3,(H,49,54)(H,55,56)(H,57,58). The van der Waals surface area contributed by atoms with Crippen molar-refractivity contribution >= 4 is 64.2 Å². The molecule has 3 aromatic heterocycles. The van der Waals surface area contributed by atoms with Gasteiger partial charge < -0.3 is 25.5 Å². The molecule has 10 heteroatoms. The second-order valence-electron chi connectivity index (χ2n) is 13.8. The first-order chi connectivity index (χ1) is 28.2. The summed E-state index contributed by atoms with van der Waals surface area (Å²) in [6.45, 7) is 0. The Morgan fingerprint density at radius 2 is 0.741 bits per heavy atom. The van der Waals surface area contributed by atoms with Crippen molar-refractivity contribution < 1.29 is 24.6 Å². The maximum Gasteiger partial charge on any atom is 0.335 e. The Morgan fingerprint density at radius 3 is 1.05 bits per heavy atom. The molecule has 5 N–H and O–H groups in total. The topological polar surface area (TPSA) is 161 Å². The van der Waals surface area contributed by atoms with Gasteiger partial charge in [-0.15, -0.1) is 0 Å². The Morgan fingerprint density at radius 1 is 0.431 bits per heavy atom. The number of benzene rings is 4. The second-order valence-corrected chi connectivity index (χ2v) is 13.8. The molecule has 4 aromatic carbocycles. The van der Waals surface area contributed by atoms with E-state index in [1.54, 1.807) is 67.7 Å². The number of carboxylic acids is 2. The lowest BCUT2D eigenvalue weighted by molar-refractivity contribution is 0.0686. The molecule has 2 aliphatic rings. The summed E-state index contributed by atoms with van der Waals surface area (Å²) in [5.74, 6) is -2.24. The lowest BCUT2D eigenvalue weighted by Gasteiger charge is -2.08. The lowest BCUT2D eigenvalue weighted by atomic mass is 10.0. The number of carbonyl (C=O) groups excluding carboxylic acids is 1. The largest absolute Gasteiger partial charge is 0.478 e. The van der Waals surface area contributed by atoms with Gasteiger partial charge in [-0.1, -0.05) is 66.7 Å². The molecular weight excluding hydrogens is 727 g/mol. The van der Waals surface area contributed by atoms with Crippen LogP contribution in [0.2, 0.25) is 0 Å². The Hall–Kier alpha value is -8.11. The van der Waals surface area contributed by atoms with Gasteiger partial charge in [-0.25, -0.2) is 19.6 Å². The molecule has 0 unspecified atom stereocenters. The number of nitrogens with one attached hydrogen (secondary N) is 3. The van der Waals surface area contributed by atoms with Gasteiger partial charge in [0.1, 0.15) is 0 Å². The fourth-order valence-electron chi connectivity index (χ4n) is 7.52. The third-order valence-electron chi connectivity index (χ3n) is 10.3. The van der Waals surface area contributed by atoms with Gasteiger partial charge in [0.05, 0.1) is 33.9 Å². The van der Waals surface area contributed by atoms with Crippen molar-refractivity contribution in [1.29, 1.82) is 0 Å². The van der Waals surface area contributed by atoms with E-state index in [0.29, 0.717) is 22.6 Å². The Bertz CT molecular complexity index is 3030. The summed E-state index contributed by atoms with van der Waals surface area (Å²) in [6.07, 6.45) is 7.85. The maximum atomic E-state index is 12.5. The predicted molar refractivity (Wildman–Crippen MR) is 228 cm³/mol. The van der Waals surface area contributed by atoms with E-state index in [9.17, 15) is 24.6 Å². The molecule has 7 aromatic rings. The molecule has 8 bridgehead atoms. The van der Waals surface area contributed by atoms with Gasteiger partial charge >= 0.3 is 11.9 Å². The zero-order chi connectivity index (χ0) is 39.9. The molecule has 0 saturated heterocycles. The summed E-state index contributed by atoms with van der Waals surface area (Å²) in [6, 6.07) is 38.8. The highest BCUT2D eigenvalue weighted by Crippen LogP contribution is 2.38. The fraction of sp³-hybridized carbons (Fsp3) is 0.0208. The van der Waals surface area contributed by atoms with E-state index in [1.165, 1.54) is 0 Å². The van der Waals surface area contributed by atoms with Crippen LogP contribution in [0.3, 0.4) is 0 Å². The molecule has 0 spiro atoms. The van der Waals surface area contributed by atoms with Gasteiger partial charge in [-0.05, 0) is 107 Å². The molecule has 0 aliphatic carbocycles. The minimum Gasteiger partial charge on any atom is -0.478 e. The van der Waals surface area contributed by atoms with Crippen LogP contribution in [0, 0.1) is 0 Å². The summed E-state index contributed by atoms with van der Waals surface area (Å²) in [4.78, 5) is 54.0. The summed E-state index contributed by atoms with van der Waals surface area (Å²) >= 11 is 0. The van der Waals surface area contributed by atoms with Crippen LogP contribution in [0.15, 0.2) is 127 Å². The van der Waals surface area contributed by atoms with Crippen molar-refractivity contribution in [1.82, 2.24) is 25.3 Å². The zero-order valence-corrected chi connectivity index (χ0v) is 30.9. The number of amides is 1. The third kappa shape index (κ3) is 6.44. The number of aromatic nitrogens is 4. The minimum absolute atomic E-state index is 0.157. The van der Waals surface area contributed by atoms with Gasteiger partial charge in [0, 0.05) is 56.9 Å². The first kappa shape index (κ1) is 35.6. The Labute approximate surface area is 331 Å². The first-order valence-corrected chi connectivity index (χ1v) is 18.5. The van der Waals surface area contributed by atoms with Crippen LogP contribution in [0.5, 0.6) is 0 Å². The van der Waals surface area contributed by atoms with Crippen molar-refractivity contribution in [3.63, 3.8) is 0 Å². The number of rotatable bonds is 7. The number of aromatic amines is 2. The van der Waals surface area contributed by atoms with Gasteiger partial charge in [-0.2, -0.15) is 0 Å². The van der Waals surface area contributed by atoms with Crippen molar-refractivity contribution in [2.45, 2.75) is 0 Å². The number of H-pyrrole nitrogens is 2. The summed E-state index contributed by atoms with van der Waals surface area (Å²) in [7, 11) is 1.60. The average molecular weight is 760 g/mol. The van der Waals surface area contributed by atoms with E-state index in [0.717, 1.165) is 72.3 Å². The number of aromatic carboxylic acids is 2. The molecule has 10 nitrogen and oxygen atoms in total. The molecule has 5 heterocycles. The van der Waals surface area contributed by atoms with Crippen LogP contribution >= 0.6 is 0 Å². The van der Waals surface area contributed by atoms with Gasteiger partial charge in [-0.3, -0.25) is 4.79 Å². The number of nitrogens with zero attached hydrogens (tertiary/aromatic N) is 2. The molecule has 0 radical (unpaired) electrons. The summed E-state index contributed by atoms with van der Waals surface area (Å²) < 4.78 is 0. The summed E-state index contributed by atoms with van der Waals surface area (Å²) in [5, 5.41) is 22.1. The minimum atomic E-state index is -1.03. The molecule has 0 saturated carbocycles. The van der Waals surface area contributed by atoms with Crippen molar-refractivity contribution in [2.75, 3.05) is 7.05 Å². The van der Waals surface area contributed by atoms with Gasteiger partial charge in [0.15, 0.2) is 0 Å². The Kier molecular flexibility index (Phi) is 8.91. The van der Waals surface area contributed by atoms with Gasteiger partial charge in [0.2, 0.25) is 0 Å². The van der Waals surface area contributed by atoms with Crippen molar-refractivity contribution in [2.24, 2.45) is 0 Å². The summed E-state index contributed by atoms with van der Waals surface area (Å²) in [5.41, 5.74) is 13.1. The maximum absolute atomic E-state index is 12.5. The number of fused-ring (bicyclic) bond motifs is 8. The van der Waals surface area contributed by atoms with Gasteiger partial charge in [0.25, 0.3) is 5.91 Å². The predicted octanol–water partition coefficient (Wildman–Crippen LogP) is 10.1. The number of hydrogen-bond donors (Lipinski definition) is 5. The molecule has 58 heavy (non-hydrogen) atoms. The Balaban J connectivity index is 1.43. The highest BCUT2D eigenvalue weighted by Gasteiger charge is 2.20. The van der Waals surface area contributed by atoms with E-state index in [1.807, 2.05) is 91.0 Å².